The van der Waals surface area contributed by atoms with E-state index in [9.17, 15) is 13.6 Å². The Kier molecular flexibility index (Phi) is 3.74. The summed E-state index contributed by atoms with van der Waals surface area (Å²) in [5.41, 5.74) is 3.17. The maximum atomic E-state index is 13.1. The number of carbonyl (C=O) groups excluding carboxylic acids is 1. The molecule has 0 unspecified atom stereocenters. The van der Waals surface area contributed by atoms with Crippen LogP contribution in [0.2, 0.25) is 0 Å². The number of hydrogen-bond acceptors (Lipinski definition) is 2. The molecule has 0 N–H and O–H groups in total. The second kappa shape index (κ2) is 5.85. The molecule has 4 heteroatoms. The first-order chi connectivity index (χ1) is 10.7. The molecule has 0 saturated carbocycles. The summed E-state index contributed by atoms with van der Waals surface area (Å²) in [6, 6.07) is 13.5. The van der Waals surface area contributed by atoms with Crippen LogP contribution in [0.15, 0.2) is 60.8 Å². The summed E-state index contributed by atoms with van der Waals surface area (Å²) < 4.78 is 26.2. The number of pyridine rings is 1. The average molecular weight is 295 g/mol. The van der Waals surface area contributed by atoms with Gasteiger partial charge in [-0.15, -0.1) is 0 Å². The van der Waals surface area contributed by atoms with Crippen molar-refractivity contribution in [3.05, 3.63) is 78.0 Å². The Hall–Kier alpha value is -2.88. The highest BCUT2D eigenvalue weighted by Crippen LogP contribution is 2.31. The quantitative estimate of drug-likeness (QED) is 0.666. The van der Waals surface area contributed by atoms with Gasteiger partial charge in [0.2, 0.25) is 0 Å². The fraction of sp³-hybridized carbons (Fsp3) is 0. The van der Waals surface area contributed by atoms with Crippen molar-refractivity contribution < 1.29 is 13.6 Å². The van der Waals surface area contributed by atoms with Gasteiger partial charge in [0.15, 0.2) is 6.29 Å². The Bertz CT molecular complexity index is 811. The lowest BCUT2D eigenvalue weighted by molar-refractivity contribution is 0.112. The number of hydrogen-bond donors (Lipinski definition) is 0. The smallest absolute Gasteiger partial charge is 0.151 e. The third kappa shape index (κ3) is 2.76. The van der Waals surface area contributed by atoms with E-state index in [-0.39, 0.29) is 11.6 Å². The molecule has 0 amide bonds. The van der Waals surface area contributed by atoms with Gasteiger partial charge in [-0.2, -0.15) is 0 Å². The summed E-state index contributed by atoms with van der Waals surface area (Å²) >= 11 is 0. The van der Waals surface area contributed by atoms with Crippen molar-refractivity contribution >= 4 is 6.29 Å². The summed E-state index contributed by atoms with van der Waals surface area (Å²) in [5.74, 6) is -0.678. The fourth-order valence-electron chi connectivity index (χ4n) is 2.23. The van der Waals surface area contributed by atoms with Gasteiger partial charge in [-0.1, -0.05) is 12.1 Å². The molecule has 0 aliphatic rings. The predicted octanol–water partition coefficient (Wildman–Crippen LogP) is 4.51. The van der Waals surface area contributed by atoms with Gasteiger partial charge in [-0.05, 0) is 48.0 Å². The normalized spacial score (nSPS) is 10.5. The highest BCUT2D eigenvalue weighted by Gasteiger charge is 2.11. The molecular weight excluding hydrogens is 284 g/mol. The summed E-state index contributed by atoms with van der Waals surface area (Å²) in [4.78, 5) is 15.3. The minimum atomic E-state index is -0.341. The van der Waals surface area contributed by atoms with Crippen LogP contribution in [-0.2, 0) is 0 Å². The topological polar surface area (TPSA) is 30.0 Å². The molecule has 2 aromatic carbocycles. The van der Waals surface area contributed by atoms with Gasteiger partial charge in [0, 0.05) is 22.9 Å². The van der Waals surface area contributed by atoms with Gasteiger partial charge in [0.05, 0.1) is 5.69 Å². The zero-order valence-electron chi connectivity index (χ0n) is 11.5. The van der Waals surface area contributed by atoms with Crippen LogP contribution in [-0.4, -0.2) is 11.3 Å². The largest absolute Gasteiger partial charge is 0.298 e. The van der Waals surface area contributed by atoms with E-state index < -0.39 is 0 Å². The molecule has 0 saturated heterocycles. The first-order valence-corrected chi connectivity index (χ1v) is 6.64. The minimum Gasteiger partial charge on any atom is -0.298 e. The van der Waals surface area contributed by atoms with Crippen molar-refractivity contribution in [2.24, 2.45) is 0 Å². The third-order valence-electron chi connectivity index (χ3n) is 3.32. The third-order valence-corrected chi connectivity index (χ3v) is 3.32. The standard InChI is InChI=1S/C18H11F2NO/c19-15-5-1-13(2-6-15)17-9-12(11-22)10-21-18(17)14-3-7-16(20)8-4-14/h1-11H. The van der Waals surface area contributed by atoms with Crippen LogP contribution >= 0.6 is 0 Å². The lowest BCUT2D eigenvalue weighted by atomic mass is 9.98. The molecule has 3 aromatic rings. The van der Waals surface area contributed by atoms with Crippen molar-refractivity contribution in [3.63, 3.8) is 0 Å². The number of nitrogens with zero attached hydrogens (tertiary/aromatic N) is 1. The van der Waals surface area contributed by atoms with Gasteiger partial charge in [0.1, 0.15) is 11.6 Å². The molecule has 0 bridgehead atoms. The van der Waals surface area contributed by atoms with E-state index in [1.807, 2.05) is 0 Å². The molecule has 108 valence electrons. The van der Waals surface area contributed by atoms with E-state index in [0.29, 0.717) is 23.1 Å². The summed E-state index contributed by atoms with van der Waals surface area (Å²) in [6.07, 6.45) is 2.16. The molecule has 3 rings (SSSR count). The van der Waals surface area contributed by atoms with Crippen molar-refractivity contribution in [2.75, 3.05) is 0 Å². The number of rotatable bonds is 3. The molecule has 22 heavy (non-hydrogen) atoms. The fourth-order valence-corrected chi connectivity index (χ4v) is 2.23. The predicted molar refractivity (Wildman–Crippen MR) is 80.4 cm³/mol. The maximum absolute atomic E-state index is 13.1. The van der Waals surface area contributed by atoms with E-state index in [1.165, 1.54) is 30.5 Å². The minimum absolute atomic E-state index is 0.336. The van der Waals surface area contributed by atoms with Crippen LogP contribution in [0.1, 0.15) is 10.4 Å². The van der Waals surface area contributed by atoms with Gasteiger partial charge in [0.25, 0.3) is 0 Å². The Labute approximate surface area is 126 Å². The molecular formula is C18H11F2NO. The van der Waals surface area contributed by atoms with Crippen LogP contribution in [0, 0.1) is 11.6 Å². The van der Waals surface area contributed by atoms with E-state index in [1.54, 1.807) is 30.3 Å². The summed E-state index contributed by atoms with van der Waals surface area (Å²) in [7, 11) is 0. The summed E-state index contributed by atoms with van der Waals surface area (Å²) in [5, 5.41) is 0. The Morgan fingerprint density at radius 3 is 1.91 bits per heavy atom. The van der Waals surface area contributed by atoms with Crippen molar-refractivity contribution in [1.82, 2.24) is 4.98 Å². The molecule has 2 nitrogen and oxygen atoms in total. The highest BCUT2D eigenvalue weighted by molar-refractivity contribution is 5.85. The van der Waals surface area contributed by atoms with Gasteiger partial charge < -0.3 is 0 Å². The van der Waals surface area contributed by atoms with E-state index in [4.69, 9.17) is 0 Å². The van der Waals surface area contributed by atoms with E-state index in [2.05, 4.69) is 4.98 Å². The molecule has 0 spiro atoms. The zero-order chi connectivity index (χ0) is 15.5. The molecule has 0 fully saturated rings. The van der Waals surface area contributed by atoms with Crippen molar-refractivity contribution in [1.29, 1.82) is 0 Å². The molecule has 0 atom stereocenters. The number of halogens is 2. The van der Waals surface area contributed by atoms with Gasteiger partial charge in [-0.25, -0.2) is 8.78 Å². The number of aromatic nitrogens is 1. The first kappa shape index (κ1) is 14.1. The monoisotopic (exact) mass is 295 g/mol. The molecule has 1 aromatic heterocycles. The Balaban J connectivity index is 2.19. The van der Waals surface area contributed by atoms with Crippen LogP contribution in [0.25, 0.3) is 22.4 Å². The second-order valence-electron chi connectivity index (χ2n) is 4.80. The summed E-state index contributed by atoms with van der Waals surface area (Å²) in [6.45, 7) is 0. The van der Waals surface area contributed by atoms with Crippen LogP contribution in [0.3, 0.4) is 0 Å². The van der Waals surface area contributed by atoms with Gasteiger partial charge in [-0.3, -0.25) is 9.78 Å². The number of aldehydes is 1. The van der Waals surface area contributed by atoms with Crippen molar-refractivity contribution in [3.8, 4) is 22.4 Å². The molecule has 0 aliphatic carbocycles. The van der Waals surface area contributed by atoms with Gasteiger partial charge >= 0.3 is 0 Å². The van der Waals surface area contributed by atoms with Crippen LogP contribution in [0.5, 0.6) is 0 Å². The first-order valence-electron chi connectivity index (χ1n) is 6.64. The lowest BCUT2D eigenvalue weighted by Gasteiger charge is -2.10. The highest BCUT2D eigenvalue weighted by atomic mass is 19.1. The number of benzene rings is 2. The van der Waals surface area contributed by atoms with E-state index >= 15 is 0 Å². The maximum Gasteiger partial charge on any atom is 0.151 e. The average Bonchev–Trinajstić information content (AvgIpc) is 2.56. The number of carbonyl (C=O) groups is 1. The Morgan fingerprint density at radius 1 is 0.818 bits per heavy atom. The van der Waals surface area contributed by atoms with Crippen LogP contribution in [0.4, 0.5) is 8.78 Å². The Morgan fingerprint density at radius 2 is 1.36 bits per heavy atom. The SMILES string of the molecule is O=Cc1cnc(-c2ccc(F)cc2)c(-c2ccc(F)cc2)c1. The van der Waals surface area contributed by atoms with Crippen molar-refractivity contribution in [2.45, 2.75) is 0 Å². The second-order valence-corrected chi connectivity index (χ2v) is 4.80. The van der Waals surface area contributed by atoms with E-state index in [0.717, 1.165) is 11.1 Å². The molecule has 1 heterocycles. The van der Waals surface area contributed by atoms with Crippen LogP contribution < -0.4 is 0 Å². The lowest BCUT2D eigenvalue weighted by Crippen LogP contribution is -1.93. The zero-order valence-corrected chi connectivity index (χ0v) is 11.5. The molecule has 0 aliphatic heterocycles. The molecule has 0 radical (unpaired) electrons.